The van der Waals surface area contributed by atoms with Gasteiger partial charge in [0.15, 0.2) is 5.75 Å². The second kappa shape index (κ2) is 4.30. The van der Waals surface area contributed by atoms with Crippen molar-refractivity contribution < 1.29 is 23.1 Å². The summed E-state index contributed by atoms with van der Waals surface area (Å²) in [5.41, 5.74) is 4.93. The zero-order chi connectivity index (χ0) is 12.3. The van der Waals surface area contributed by atoms with Gasteiger partial charge in [0.25, 0.3) is 5.91 Å². The number of benzene rings is 1. The van der Waals surface area contributed by atoms with Crippen LogP contribution in [0.4, 0.5) is 18.9 Å². The van der Waals surface area contributed by atoms with E-state index in [1.165, 1.54) is 18.2 Å². The average Bonchev–Trinajstić information content (AvgIpc) is 2.17. The van der Waals surface area contributed by atoms with Crippen LogP contribution in [-0.2, 0) is 0 Å². The summed E-state index contributed by atoms with van der Waals surface area (Å²) in [4.78, 5) is 11.2. The summed E-state index contributed by atoms with van der Waals surface area (Å²) >= 11 is 0. The molecule has 4 N–H and O–H groups in total. The predicted molar refractivity (Wildman–Crippen MR) is 50.9 cm³/mol. The van der Waals surface area contributed by atoms with Crippen molar-refractivity contribution in [2.45, 2.75) is 6.18 Å². The first-order valence-corrected chi connectivity index (χ1v) is 4.23. The highest BCUT2D eigenvalue weighted by Crippen LogP contribution is 2.24. The van der Waals surface area contributed by atoms with Gasteiger partial charge in [-0.2, -0.15) is 13.2 Å². The van der Waals surface area contributed by atoms with E-state index in [0.29, 0.717) is 0 Å². The molecule has 0 saturated carbocycles. The highest BCUT2D eigenvalue weighted by atomic mass is 19.4. The van der Waals surface area contributed by atoms with Crippen molar-refractivity contribution in [3.05, 3.63) is 23.8 Å². The maximum absolute atomic E-state index is 11.8. The zero-order valence-corrected chi connectivity index (χ0v) is 8.01. The number of nitrogen functional groups attached to an aromatic ring is 1. The minimum atomic E-state index is -4.49. The van der Waals surface area contributed by atoms with E-state index >= 15 is 0 Å². The highest BCUT2D eigenvalue weighted by molar-refractivity contribution is 5.98. The molecule has 4 nitrogen and oxygen atoms in total. The van der Waals surface area contributed by atoms with Crippen LogP contribution in [0, 0.1) is 0 Å². The van der Waals surface area contributed by atoms with Gasteiger partial charge in [-0.1, -0.05) is 6.07 Å². The number of rotatable bonds is 2. The van der Waals surface area contributed by atoms with Crippen LogP contribution >= 0.6 is 0 Å². The molecule has 1 aromatic carbocycles. The standard InChI is InChI=1S/C9H9F3N2O2/c10-9(11,12)4-14-8(16)5-2-1-3-6(13)7(5)15/h1-3,15H,4,13H2,(H,14,16). The lowest BCUT2D eigenvalue weighted by Gasteiger charge is -2.09. The largest absolute Gasteiger partial charge is 0.505 e. The first-order chi connectivity index (χ1) is 7.31. The molecule has 1 rings (SSSR count). The second-order valence-corrected chi connectivity index (χ2v) is 3.04. The van der Waals surface area contributed by atoms with Gasteiger partial charge in [0.1, 0.15) is 6.54 Å². The van der Waals surface area contributed by atoms with Crippen LogP contribution in [0.3, 0.4) is 0 Å². The van der Waals surface area contributed by atoms with Crippen LogP contribution in [0.1, 0.15) is 10.4 Å². The van der Waals surface area contributed by atoms with E-state index in [-0.39, 0.29) is 11.3 Å². The fourth-order valence-electron chi connectivity index (χ4n) is 1.02. The molecule has 0 aromatic heterocycles. The van der Waals surface area contributed by atoms with Crippen LogP contribution in [0.15, 0.2) is 18.2 Å². The fourth-order valence-corrected chi connectivity index (χ4v) is 1.02. The third kappa shape index (κ3) is 3.04. The zero-order valence-electron chi connectivity index (χ0n) is 8.01. The molecule has 16 heavy (non-hydrogen) atoms. The van der Waals surface area contributed by atoms with Crippen LogP contribution in [0.25, 0.3) is 0 Å². The Balaban J connectivity index is 2.78. The summed E-state index contributed by atoms with van der Waals surface area (Å²) in [6.07, 6.45) is -4.49. The molecule has 0 radical (unpaired) electrons. The van der Waals surface area contributed by atoms with Crippen LogP contribution in [0.2, 0.25) is 0 Å². The summed E-state index contributed by atoms with van der Waals surface area (Å²) in [7, 11) is 0. The number of phenols is 1. The number of hydrogen-bond acceptors (Lipinski definition) is 3. The van der Waals surface area contributed by atoms with Crippen LogP contribution in [-0.4, -0.2) is 23.7 Å². The predicted octanol–water partition coefficient (Wildman–Crippen LogP) is 1.27. The number of hydrogen-bond donors (Lipinski definition) is 3. The number of alkyl halides is 3. The number of carbonyl (C=O) groups is 1. The molecule has 7 heteroatoms. The maximum atomic E-state index is 11.8. The summed E-state index contributed by atoms with van der Waals surface area (Å²) in [5, 5.41) is 11.0. The van der Waals surface area contributed by atoms with Crippen molar-refractivity contribution in [2.75, 3.05) is 12.3 Å². The molecule has 0 bridgehead atoms. The monoisotopic (exact) mass is 234 g/mol. The lowest BCUT2D eigenvalue weighted by molar-refractivity contribution is -0.123. The molecule has 88 valence electrons. The van der Waals surface area contributed by atoms with Gasteiger partial charge >= 0.3 is 6.18 Å². The first kappa shape index (κ1) is 12.2. The van der Waals surface area contributed by atoms with E-state index < -0.39 is 24.4 Å². The van der Waals surface area contributed by atoms with E-state index in [1.807, 2.05) is 0 Å². The number of nitrogens with two attached hydrogens (primary N) is 1. The number of phenolic OH excluding ortho intramolecular Hbond substituents is 1. The molecular formula is C9H9F3N2O2. The second-order valence-electron chi connectivity index (χ2n) is 3.04. The van der Waals surface area contributed by atoms with Crippen molar-refractivity contribution in [1.29, 1.82) is 0 Å². The number of carbonyl (C=O) groups excluding carboxylic acids is 1. The Morgan fingerprint density at radius 1 is 1.44 bits per heavy atom. The molecule has 0 aliphatic carbocycles. The van der Waals surface area contributed by atoms with Gasteiger partial charge < -0.3 is 16.2 Å². The molecule has 0 fully saturated rings. The van der Waals surface area contributed by atoms with Gasteiger partial charge in [-0.05, 0) is 12.1 Å². The third-order valence-corrected chi connectivity index (χ3v) is 1.76. The minimum Gasteiger partial charge on any atom is -0.505 e. The number of anilines is 1. The lowest BCUT2D eigenvalue weighted by atomic mass is 10.1. The molecule has 0 saturated heterocycles. The highest BCUT2D eigenvalue weighted by Gasteiger charge is 2.28. The third-order valence-electron chi connectivity index (χ3n) is 1.76. The van der Waals surface area contributed by atoms with Crippen LogP contribution in [0.5, 0.6) is 5.75 Å². The maximum Gasteiger partial charge on any atom is 0.405 e. The Bertz CT molecular complexity index is 404. The molecule has 0 unspecified atom stereocenters. The lowest BCUT2D eigenvalue weighted by Crippen LogP contribution is -2.33. The number of halogens is 3. The Morgan fingerprint density at radius 2 is 2.06 bits per heavy atom. The molecular weight excluding hydrogens is 225 g/mol. The summed E-state index contributed by atoms with van der Waals surface area (Å²) in [6, 6.07) is 3.87. The number of aromatic hydroxyl groups is 1. The van der Waals surface area contributed by atoms with Gasteiger partial charge in [-0.3, -0.25) is 4.79 Å². The van der Waals surface area contributed by atoms with E-state index in [1.54, 1.807) is 5.32 Å². The van der Waals surface area contributed by atoms with E-state index in [4.69, 9.17) is 5.73 Å². The molecule has 0 aliphatic rings. The number of nitrogens with one attached hydrogen (secondary N) is 1. The summed E-state index contributed by atoms with van der Waals surface area (Å²) in [6.45, 7) is -1.46. The Kier molecular flexibility index (Phi) is 3.26. The SMILES string of the molecule is Nc1cccc(C(=O)NCC(F)(F)F)c1O. The van der Waals surface area contributed by atoms with E-state index in [0.717, 1.165) is 0 Å². The summed E-state index contributed by atoms with van der Waals surface area (Å²) < 4.78 is 35.4. The van der Waals surface area contributed by atoms with Crippen molar-refractivity contribution in [3.63, 3.8) is 0 Å². The average molecular weight is 234 g/mol. The van der Waals surface area contributed by atoms with Gasteiger partial charge in [0.2, 0.25) is 0 Å². The van der Waals surface area contributed by atoms with Crippen molar-refractivity contribution in [2.24, 2.45) is 0 Å². The van der Waals surface area contributed by atoms with Crippen molar-refractivity contribution >= 4 is 11.6 Å². The van der Waals surface area contributed by atoms with E-state index in [2.05, 4.69) is 0 Å². The topological polar surface area (TPSA) is 75.4 Å². The molecule has 1 aromatic rings. The molecule has 0 aliphatic heterocycles. The smallest absolute Gasteiger partial charge is 0.405 e. The van der Waals surface area contributed by atoms with Gasteiger partial charge in [-0.25, -0.2) is 0 Å². The minimum absolute atomic E-state index is 0.0698. The fraction of sp³-hybridized carbons (Fsp3) is 0.222. The quantitative estimate of drug-likeness (QED) is 0.532. The Morgan fingerprint density at radius 3 is 2.62 bits per heavy atom. The normalized spacial score (nSPS) is 11.2. The van der Waals surface area contributed by atoms with E-state index in [9.17, 15) is 23.1 Å². The van der Waals surface area contributed by atoms with Crippen molar-refractivity contribution in [3.8, 4) is 5.75 Å². The molecule has 0 spiro atoms. The molecule has 1 amide bonds. The Labute approximate surface area is 88.9 Å². The van der Waals surface area contributed by atoms with Crippen molar-refractivity contribution in [1.82, 2.24) is 5.32 Å². The van der Waals surface area contributed by atoms with Gasteiger partial charge in [-0.15, -0.1) is 0 Å². The van der Waals surface area contributed by atoms with Gasteiger partial charge in [0.05, 0.1) is 11.3 Å². The summed E-state index contributed by atoms with van der Waals surface area (Å²) in [5.74, 6) is -1.55. The molecule has 0 atom stereocenters. The number of para-hydroxylation sites is 1. The number of amides is 1. The first-order valence-electron chi connectivity index (χ1n) is 4.23. The van der Waals surface area contributed by atoms with Crippen LogP contribution < -0.4 is 11.1 Å². The Hall–Kier alpha value is -1.92. The van der Waals surface area contributed by atoms with Gasteiger partial charge in [0, 0.05) is 0 Å². The molecule has 0 heterocycles.